The van der Waals surface area contributed by atoms with Gasteiger partial charge in [0.1, 0.15) is 9.35 Å². The van der Waals surface area contributed by atoms with Crippen molar-refractivity contribution in [1.82, 2.24) is 9.38 Å². The number of nitrogens with zero attached hydrogens (tertiary/aromatic N) is 2. The molecule has 0 amide bonds. The van der Waals surface area contributed by atoms with Crippen LogP contribution in [0.1, 0.15) is 5.56 Å². The van der Waals surface area contributed by atoms with Gasteiger partial charge in [-0.05, 0) is 41.6 Å². The second-order valence-electron chi connectivity index (χ2n) is 4.19. The minimum Gasteiger partial charge on any atom is -0.297 e. The van der Waals surface area contributed by atoms with Crippen LogP contribution in [0.5, 0.6) is 0 Å². The van der Waals surface area contributed by atoms with E-state index in [1.165, 1.54) is 5.56 Å². The lowest BCUT2D eigenvalue weighted by atomic mass is 10.1. The number of halogens is 2. The highest BCUT2D eigenvalue weighted by atomic mass is 127. The summed E-state index contributed by atoms with van der Waals surface area (Å²) in [4.78, 5) is 4.54. The highest BCUT2D eigenvalue weighted by Gasteiger charge is 2.11. The van der Waals surface area contributed by atoms with Gasteiger partial charge in [-0.2, -0.15) is 0 Å². The molecule has 0 aliphatic heterocycles. The predicted octanol–water partition coefficient (Wildman–Crippen LogP) is 4.57. The highest BCUT2D eigenvalue weighted by molar-refractivity contribution is 14.1. The Morgan fingerprint density at radius 1 is 1.11 bits per heavy atom. The van der Waals surface area contributed by atoms with Crippen LogP contribution in [0, 0.1) is 10.6 Å². The van der Waals surface area contributed by atoms with Crippen LogP contribution in [-0.4, -0.2) is 9.38 Å². The molecule has 0 radical (unpaired) electrons. The molecule has 2 aromatic heterocycles. The maximum atomic E-state index is 6.06. The second kappa shape index (κ2) is 4.55. The Bertz CT molecular complexity index is 716. The quantitative estimate of drug-likeness (QED) is 0.575. The fraction of sp³-hybridized carbons (Fsp3) is 0.0714. The Labute approximate surface area is 124 Å². The number of aryl methyl sites for hydroxylation is 1. The summed E-state index contributed by atoms with van der Waals surface area (Å²) in [5.41, 5.74) is 4.41. The SMILES string of the molecule is Cc1ccc(-c2c(I)nc3ccc(Cl)cn23)cc1. The van der Waals surface area contributed by atoms with E-state index in [9.17, 15) is 0 Å². The van der Waals surface area contributed by atoms with Gasteiger partial charge < -0.3 is 0 Å². The van der Waals surface area contributed by atoms with Gasteiger partial charge >= 0.3 is 0 Å². The lowest BCUT2D eigenvalue weighted by molar-refractivity contribution is 1.19. The number of rotatable bonds is 1. The van der Waals surface area contributed by atoms with Crippen LogP contribution < -0.4 is 0 Å². The number of fused-ring (bicyclic) bond motifs is 1. The minimum atomic E-state index is 0.713. The standard InChI is InChI=1S/C14H10ClIN2/c1-9-2-4-10(5-3-9)13-14(16)17-12-7-6-11(15)8-18(12)13/h2-8H,1H3. The average Bonchev–Trinajstić information content (AvgIpc) is 2.66. The van der Waals surface area contributed by atoms with Gasteiger partial charge in [0.05, 0.1) is 10.7 Å². The van der Waals surface area contributed by atoms with Gasteiger partial charge in [-0.3, -0.25) is 4.40 Å². The Kier molecular flexibility index (Phi) is 3.03. The molecule has 90 valence electrons. The van der Waals surface area contributed by atoms with Crippen molar-refractivity contribution in [2.24, 2.45) is 0 Å². The summed E-state index contributed by atoms with van der Waals surface area (Å²) >= 11 is 8.32. The van der Waals surface area contributed by atoms with E-state index in [0.29, 0.717) is 5.02 Å². The molecule has 0 atom stereocenters. The zero-order valence-corrected chi connectivity index (χ0v) is 12.6. The van der Waals surface area contributed by atoms with Crippen LogP contribution in [0.25, 0.3) is 16.9 Å². The van der Waals surface area contributed by atoms with E-state index < -0.39 is 0 Å². The number of benzene rings is 1. The molecule has 0 saturated carbocycles. The fourth-order valence-electron chi connectivity index (χ4n) is 1.96. The third kappa shape index (κ3) is 2.01. The summed E-state index contributed by atoms with van der Waals surface area (Å²) in [6, 6.07) is 12.2. The largest absolute Gasteiger partial charge is 0.297 e. The lowest BCUT2D eigenvalue weighted by Gasteiger charge is -2.03. The molecule has 2 nitrogen and oxygen atoms in total. The smallest absolute Gasteiger partial charge is 0.138 e. The molecular weight excluding hydrogens is 359 g/mol. The number of pyridine rings is 1. The Morgan fingerprint density at radius 3 is 2.56 bits per heavy atom. The molecule has 4 heteroatoms. The first kappa shape index (κ1) is 12.0. The normalized spacial score (nSPS) is 11.1. The average molecular weight is 369 g/mol. The van der Waals surface area contributed by atoms with Crippen LogP contribution in [0.3, 0.4) is 0 Å². The van der Waals surface area contributed by atoms with Crippen molar-refractivity contribution >= 4 is 39.8 Å². The topological polar surface area (TPSA) is 17.3 Å². The zero-order valence-electron chi connectivity index (χ0n) is 9.69. The van der Waals surface area contributed by atoms with Gasteiger partial charge in [-0.1, -0.05) is 41.4 Å². The van der Waals surface area contributed by atoms with E-state index in [1.54, 1.807) is 0 Å². The maximum Gasteiger partial charge on any atom is 0.138 e. The van der Waals surface area contributed by atoms with E-state index in [4.69, 9.17) is 11.6 Å². The molecule has 0 fully saturated rings. The van der Waals surface area contributed by atoms with Crippen molar-refractivity contribution < 1.29 is 0 Å². The van der Waals surface area contributed by atoms with Gasteiger partial charge in [0.15, 0.2) is 0 Å². The van der Waals surface area contributed by atoms with Crippen LogP contribution in [-0.2, 0) is 0 Å². The Morgan fingerprint density at radius 2 is 1.83 bits per heavy atom. The zero-order chi connectivity index (χ0) is 12.7. The highest BCUT2D eigenvalue weighted by Crippen LogP contribution is 2.27. The van der Waals surface area contributed by atoms with Gasteiger partial charge in [-0.15, -0.1) is 0 Å². The van der Waals surface area contributed by atoms with Crippen molar-refractivity contribution in [2.45, 2.75) is 6.92 Å². The maximum absolute atomic E-state index is 6.06. The van der Waals surface area contributed by atoms with Gasteiger partial charge in [0, 0.05) is 11.8 Å². The third-order valence-corrected chi connectivity index (χ3v) is 3.84. The lowest BCUT2D eigenvalue weighted by Crippen LogP contribution is -1.89. The van der Waals surface area contributed by atoms with E-state index >= 15 is 0 Å². The van der Waals surface area contributed by atoms with Crippen molar-refractivity contribution in [1.29, 1.82) is 0 Å². The van der Waals surface area contributed by atoms with Crippen molar-refractivity contribution in [3.63, 3.8) is 0 Å². The fourth-order valence-corrected chi connectivity index (χ4v) is 2.94. The molecule has 3 rings (SSSR count). The van der Waals surface area contributed by atoms with Crippen LogP contribution in [0.4, 0.5) is 0 Å². The van der Waals surface area contributed by atoms with E-state index in [-0.39, 0.29) is 0 Å². The molecule has 0 saturated heterocycles. The van der Waals surface area contributed by atoms with Gasteiger partial charge in [-0.25, -0.2) is 4.98 Å². The van der Waals surface area contributed by atoms with Crippen LogP contribution in [0.15, 0.2) is 42.6 Å². The summed E-state index contributed by atoms with van der Waals surface area (Å²) in [6.45, 7) is 2.08. The summed E-state index contributed by atoms with van der Waals surface area (Å²) in [7, 11) is 0. The van der Waals surface area contributed by atoms with Gasteiger partial charge in [0.2, 0.25) is 0 Å². The first-order chi connectivity index (χ1) is 8.65. The summed E-state index contributed by atoms with van der Waals surface area (Å²) in [5, 5.41) is 0.713. The summed E-state index contributed by atoms with van der Waals surface area (Å²) < 4.78 is 3.02. The van der Waals surface area contributed by atoms with E-state index in [2.05, 4.69) is 58.8 Å². The predicted molar refractivity (Wildman–Crippen MR) is 83.1 cm³/mol. The first-order valence-electron chi connectivity index (χ1n) is 5.55. The number of aromatic nitrogens is 2. The van der Waals surface area contributed by atoms with Gasteiger partial charge in [0.25, 0.3) is 0 Å². The van der Waals surface area contributed by atoms with Crippen LogP contribution in [0.2, 0.25) is 5.02 Å². The molecule has 2 heterocycles. The molecule has 0 spiro atoms. The summed E-state index contributed by atoms with van der Waals surface area (Å²) in [5.74, 6) is 0. The van der Waals surface area contributed by atoms with Crippen molar-refractivity contribution in [3.05, 3.63) is 56.9 Å². The number of hydrogen-bond donors (Lipinski definition) is 0. The molecule has 0 N–H and O–H groups in total. The van der Waals surface area contributed by atoms with E-state index in [0.717, 1.165) is 20.6 Å². The summed E-state index contributed by atoms with van der Waals surface area (Å²) in [6.07, 6.45) is 1.90. The number of imidazole rings is 1. The Balaban J connectivity index is 2.30. The second-order valence-corrected chi connectivity index (χ2v) is 5.65. The van der Waals surface area contributed by atoms with E-state index in [1.807, 2.05) is 22.7 Å². The molecule has 3 aromatic rings. The molecule has 0 bridgehead atoms. The van der Waals surface area contributed by atoms with Crippen molar-refractivity contribution in [2.75, 3.05) is 0 Å². The molecular formula is C14H10ClIN2. The molecule has 1 aromatic carbocycles. The monoisotopic (exact) mass is 368 g/mol. The first-order valence-corrected chi connectivity index (χ1v) is 7.01. The minimum absolute atomic E-state index is 0.713. The molecule has 0 aliphatic rings. The number of hydrogen-bond acceptors (Lipinski definition) is 1. The third-order valence-electron chi connectivity index (χ3n) is 2.86. The Hall–Kier alpha value is -1.07. The molecule has 0 unspecified atom stereocenters. The molecule has 18 heavy (non-hydrogen) atoms. The van der Waals surface area contributed by atoms with Crippen LogP contribution >= 0.6 is 34.2 Å². The molecule has 0 aliphatic carbocycles. The van der Waals surface area contributed by atoms with Crippen molar-refractivity contribution in [3.8, 4) is 11.3 Å².